The van der Waals surface area contributed by atoms with Gasteiger partial charge < -0.3 is 18.9 Å². The molecule has 0 N–H and O–H groups in total. The summed E-state index contributed by atoms with van der Waals surface area (Å²) in [6.07, 6.45) is 3.68. The Labute approximate surface area is 236 Å². The van der Waals surface area contributed by atoms with Crippen molar-refractivity contribution in [1.29, 1.82) is 5.26 Å². The lowest BCUT2D eigenvalue weighted by Crippen LogP contribution is -2.33. The van der Waals surface area contributed by atoms with E-state index in [1.165, 1.54) is 0 Å². The molecule has 198 valence electrons. The van der Waals surface area contributed by atoms with E-state index in [0.717, 1.165) is 28.1 Å². The molecule has 0 spiro atoms. The summed E-state index contributed by atoms with van der Waals surface area (Å²) in [5.74, 6) is 1.07. The highest BCUT2D eigenvalue weighted by Gasteiger charge is 2.32. The number of hydrogen-bond donors (Lipinski definition) is 0. The van der Waals surface area contributed by atoms with Crippen LogP contribution in [0.3, 0.4) is 0 Å². The Morgan fingerprint density at radius 1 is 0.775 bits per heavy atom. The standard InChI is InChI=1S/C27H25BN3O3.C6H5/c1-30(2)23-15-13-21(14-16-23)22-17-18-31(3)26(19-22)25-11-7-8-12-27(25)34-28(32-20-29)33-24-9-5-4-6-10-24;1-2-4-6-5-3-1/h4-19H,1-3H3;1-5H/q+1;-1. The van der Waals surface area contributed by atoms with E-state index in [9.17, 15) is 0 Å². The van der Waals surface area contributed by atoms with Gasteiger partial charge in [-0.15, -0.1) is 0 Å². The Morgan fingerprint density at radius 2 is 1.45 bits per heavy atom. The summed E-state index contributed by atoms with van der Waals surface area (Å²) in [4.78, 5) is 2.07. The molecule has 40 heavy (non-hydrogen) atoms. The van der Waals surface area contributed by atoms with Gasteiger partial charge in [0.15, 0.2) is 6.20 Å². The zero-order valence-electron chi connectivity index (χ0n) is 22.8. The number of anilines is 1. The van der Waals surface area contributed by atoms with Crippen LogP contribution in [0.2, 0.25) is 0 Å². The lowest BCUT2D eigenvalue weighted by atomic mass is 10.0. The molecule has 0 bridgehead atoms. The van der Waals surface area contributed by atoms with Gasteiger partial charge in [-0.25, -0.2) is 4.57 Å². The van der Waals surface area contributed by atoms with Gasteiger partial charge in [0.25, 0.3) is 6.26 Å². The molecule has 0 aliphatic carbocycles. The molecule has 6 nitrogen and oxygen atoms in total. The minimum atomic E-state index is -1.22. The molecule has 0 atom stereocenters. The second-order valence-corrected chi connectivity index (χ2v) is 8.97. The van der Waals surface area contributed by atoms with Crippen LogP contribution >= 0.6 is 0 Å². The normalized spacial score (nSPS) is 9.85. The summed E-state index contributed by atoms with van der Waals surface area (Å²) in [6.45, 7) is 0. The summed E-state index contributed by atoms with van der Waals surface area (Å²) >= 11 is 0. The Hall–Kier alpha value is -5.22. The molecule has 0 amide bonds. The second kappa shape index (κ2) is 14.1. The SMILES string of the molecule is CN(C)c1ccc(-c2cc[n+](C)c(-c3ccccc3OB(OC#N)Oc3ccccc3)c2)cc1.[c-]1ccccc1. The molecule has 0 unspecified atom stereocenters. The molecule has 4 aromatic carbocycles. The first-order chi connectivity index (χ1) is 19.5. The van der Waals surface area contributed by atoms with Crippen molar-refractivity contribution >= 4 is 13.0 Å². The van der Waals surface area contributed by atoms with Crippen molar-refractivity contribution in [3.8, 4) is 40.1 Å². The van der Waals surface area contributed by atoms with E-state index >= 15 is 0 Å². The van der Waals surface area contributed by atoms with Gasteiger partial charge in [0, 0.05) is 31.9 Å². The average molecular weight is 527 g/mol. The Kier molecular flexibility index (Phi) is 9.79. The molecule has 0 saturated heterocycles. The summed E-state index contributed by atoms with van der Waals surface area (Å²) in [7, 11) is 4.81. The molecule has 0 radical (unpaired) electrons. The largest absolute Gasteiger partial charge is 0.874 e. The lowest BCUT2D eigenvalue weighted by molar-refractivity contribution is -0.660. The molecule has 0 saturated carbocycles. The van der Waals surface area contributed by atoms with Crippen LogP contribution in [0, 0.1) is 17.6 Å². The molecule has 1 heterocycles. The highest BCUT2D eigenvalue weighted by atomic mass is 16.7. The van der Waals surface area contributed by atoms with Gasteiger partial charge in [0.2, 0.25) is 5.69 Å². The van der Waals surface area contributed by atoms with Crippen molar-refractivity contribution in [3.05, 3.63) is 134 Å². The molecule has 0 fully saturated rings. The zero-order valence-corrected chi connectivity index (χ0v) is 22.8. The van der Waals surface area contributed by atoms with Crippen molar-refractivity contribution in [3.63, 3.8) is 0 Å². The maximum absolute atomic E-state index is 9.10. The fraction of sp³-hybridized carbons (Fsp3) is 0.0909. The third kappa shape index (κ3) is 7.65. The smallest absolute Gasteiger partial charge is 0.489 e. The maximum Gasteiger partial charge on any atom is 0.874 e. The fourth-order valence-electron chi connectivity index (χ4n) is 3.92. The van der Waals surface area contributed by atoms with Gasteiger partial charge in [0.05, 0.1) is 5.56 Å². The van der Waals surface area contributed by atoms with Crippen molar-refractivity contribution < 1.29 is 18.5 Å². The minimum Gasteiger partial charge on any atom is -0.489 e. The topological polar surface area (TPSA) is 58.6 Å². The number of aryl methyl sites for hydroxylation is 1. The van der Waals surface area contributed by atoms with Crippen LogP contribution in [-0.2, 0) is 11.7 Å². The molecule has 5 aromatic rings. The number of benzene rings is 4. The highest BCUT2D eigenvalue weighted by Crippen LogP contribution is 2.31. The van der Waals surface area contributed by atoms with E-state index in [1.54, 1.807) is 18.4 Å². The number of para-hydroxylation sites is 2. The van der Waals surface area contributed by atoms with E-state index in [0.29, 0.717) is 11.5 Å². The van der Waals surface area contributed by atoms with Crippen LogP contribution in [0.15, 0.2) is 128 Å². The summed E-state index contributed by atoms with van der Waals surface area (Å²) in [5, 5.41) is 9.10. The third-order valence-electron chi connectivity index (χ3n) is 5.98. The number of aromatic nitrogens is 1. The van der Waals surface area contributed by atoms with Crippen LogP contribution < -0.4 is 18.8 Å². The number of pyridine rings is 1. The molecule has 0 aliphatic rings. The van der Waals surface area contributed by atoms with Crippen molar-refractivity contribution in [1.82, 2.24) is 0 Å². The van der Waals surface area contributed by atoms with Crippen molar-refractivity contribution in [2.75, 3.05) is 19.0 Å². The van der Waals surface area contributed by atoms with Crippen LogP contribution in [0.1, 0.15) is 0 Å². The minimum absolute atomic E-state index is 0.536. The van der Waals surface area contributed by atoms with E-state index < -0.39 is 7.32 Å². The molecule has 7 heteroatoms. The maximum atomic E-state index is 9.10. The number of rotatable bonds is 8. The van der Waals surface area contributed by atoms with E-state index in [4.69, 9.17) is 19.2 Å². The molecule has 5 rings (SSSR count). The van der Waals surface area contributed by atoms with Crippen molar-refractivity contribution in [2.24, 2.45) is 7.05 Å². The van der Waals surface area contributed by atoms with Crippen LogP contribution in [0.25, 0.3) is 22.4 Å². The summed E-state index contributed by atoms with van der Waals surface area (Å²) in [6, 6.07) is 41.8. The lowest BCUT2D eigenvalue weighted by Gasteiger charge is -2.15. The van der Waals surface area contributed by atoms with E-state index in [1.807, 2.05) is 105 Å². The molecular formula is C33H30BN3O3. The molecular weight excluding hydrogens is 497 g/mol. The fourth-order valence-corrected chi connectivity index (χ4v) is 3.92. The van der Waals surface area contributed by atoms with Gasteiger partial charge in [-0.1, -0.05) is 42.5 Å². The average Bonchev–Trinajstić information content (AvgIpc) is 3.00. The third-order valence-corrected chi connectivity index (χ3v) is 5.98. The van der Waals surface area contributed by atoms with Crippen LogP contribution in [0.4, 0.5) is 5.69 Å². The Bertz CT molecular complexity index is 1500. The van der Waals surface area contributed by atoms with E-state index in [2.05, 4.69) is 47.4 Å². The Balaban J connectivity index is 0.000000546. The summed E-state index contributed by atoms with van der Waals surface area (Å²) < 4.78 is 18.8. The number of nitriles is 1. The first kappa shape index (κ1) is 27.8. The van der Waals surface area contributed by atoms with Gasteiger partial charge >= 0.3 is 7.32 Å². The quantitative estimate of drug-likeness (QED) is 0.102. The van der Waals surface area contributed by atoms with Crippen LogP contribution in [-0.4, -0.2) is 21.4 Å². The van der Waals surface area contributed by atoms with E-state index in [-0.39, 0.29) is 0 Å². The molecule has 0 aliphatic heterocycles. The van der Waals surface area contributed by atoms with Gasteiger partial charge in [0.1, 0.15) is 18.5 Å². The zero-order chi connectivity index (χ0) is 28.2. The number of hydrogen-bond acceptors (Lipinski definition) is 5. The highest BCUT2D eigenvalue weighted by molar-refractivity contribution is 6.39. The predicted molar refractivity (Wildman–Crippen MR) is 158 cm³/mol. The monoisotopic (exact) mass is 527 g/mol. The van der Waals surface area contributed by atoms with Crippen molar-refractivity contribution in [2.45, 2.75) is 0 Å². The second-order valence-electron chi connectivity index (χ2n) is 8.97. The van der Waals surface area contributed by atoms with Gasteiger partial charge in [-0.05, 0) is 47.5 Å². The van der Waals surface area contributed by atoms with Crippen LogP contribution in [0.5, 0.6) is 11.5 Å². The first-order valence-electron chi connectivity index (χ1n) is 12.8. The summed E-state index contributed by atoms with van der Waals surface area (Å²) in [5.41, 5.74) is 5.13. The Morgan fingerprint density at radius 3 is 2.08 bits per heavy atom. The first-order valence-corrected chi connectivity index (χ1v) is 12.8. The predicted octanol–water partition coefficient (Wildman–Crippen LogP) is 6.34. The molecule has 1 aromatic heterocycles. The number of nitrogens with zero attached hydrogens (tertiary/aromatic N) is 3. The van der Waals surface area contributed by atoms with Gasteiger partial charge in [-0.3, -0.25) is 0 Å². The van der Waals surface area contributed by atoms with Gasteiger partial charge in [-0.2, -0.15) is 41.7 Å².